The van der Waals surface area contributed by atoms with E-state index in [1.807, 2.05) is 19.1 Å². The van der Waals surface area contributed by atoms with E-state index in [1.165, 1.54) is 6.92 Å². The van der Waals surface area contributed by atoms with Crippen LogP contribution in [0.15, 0.2) is 41.6 Å². The lowest BCUT2D eigenvalue weighted by molar-refractivity contribution is -0.122. The molecule has 0 fully saturated rings. The van der Waals surface area contributed by atoms with Gasteiger partial charge in [0.15, 0.2) is 0 Å². The maximum absolute atomic E-state index is 12.7. The summed E-state index contributed by atoms with van der Waals surface area (Å²) >= 11 is 0. The van der Waals surface area contributed by atoms with Crippen LogP contribution in [0.5, 0.6) is 0 Å². The van der Waals surface area contributed by atoms with Gasteiger partial charge in [0.2, 0.25) is 15.9 Å². The molecule has 2 N–H and O–H groups in total. The van der Waals surface area contributed by atoms with Crippen molar-refractivity contribution in [1.29, 1.82) is 0 Å². The van der Waals surface area contributed by atoms with E-state index in [0.29, 0.717) is 17.7 Å². The third kappa shape index (κ3) is 4.87. The average molecular weight is 361 g/mol. The molecule has 1 heterocycles. The molecule has 1 atom stereocenters. The topological polar surface area (TPSA) is 88.2 Å². The number of carbonyl (C=O) groups is 1. The fraction of sp³-hybridized carbons (Fsp3) is 0.333. The van der Waals surface area contributed by atoms with Gasteiger partial charge in [-0.2, -0.15) is 4.72 Å². The summed E-state index contributed by atoms with van der Waals surface area (Å²) < 4.78 is 27.8. The number of carbonyl (C=O) groups excluding carboxylic acids is 1. The first kappa shape index (κ1) is 19.1. The predicted octanol–water partition coefficient (Wildman–Crippen LogP) is 1.99. The Kier molecular flexibility index (Phi) is 5.92. The Morgan fingerprint density at radius 3 is 2.24 bits per heavy atom. The van der Waals surface area contributed by atoms with Gasteiger partial charge in [0.25, 0.3) is 0 Å². The van der Waals surface area contributed by atoms with E-state index >= 15 is 0 Å². The van der Waals surface area contributed by atoms with Gasteiger partial charge in [-0.25, -0.2) is 8.42 Å². The molecular weight excluding hydrogens is 338 g/mol. The number of nitrogens with zero attached hydrogens (tertiary/aromatic N) is 1. The molecule has 0 aliphatic heterocycles. The number of aryl methyl sites for hydroxylation is 3. The maximum Gasteiger partial charge on any atom is 0.241 e. The molecule has 0 spiro atoms. The number of benzene rings is 1. The van der Waals surface area contributed by atoms with Crippen LogP contribution in [-0.4, -0.2) is 25.4 Å². The third-order valence-corrected chi connectivity index (χ3v) is 5.66. The minimum Gasteiger partial charge on any atom is -0.351 e. The number of sulfonamides is 1. The Hall–Kier alpha value is -2.25. The smallest absolute Gasteiger partial charge is 0.241 e. The fourth-order valence-corrected chi connectivity index (χ4v) is 4.43. The van der Waals surface area contributed by atoms with Crippen molar-refractivity contribution in [3.8, 4) is 0 Å². The standard InChI is InChI=1S/C18H23N3O3S/c1-12-9-13(2)17(14(3)10-12)25(23,24)21-15(4)18(22)20-11-16-5-7-19-8-6-16/h5-10,15,21H,11H2,1-4H3,(H,20,22). The molecule has 0 aliphatic carbocycles. The molecule has 134 valence electrons. The van der Waals surface area contributed by atoms with Crippen molar-refractivity contribution in [2.75, 3.05) is 0 Å². The lowest BCUT2D eigenvalue weighted by Gasteiger charge is -2.17. The molecule has 1 aromatic carbocycles. The number of amides is 1. The van der Waals surface area contributed by atoms with Gasteiger partial charge in [0.1, 0.15) is 0 Å². The molecule has 1 aromatic heterocycles. The molecule has 0 aliphatic rings. The van der Waals surface area contributed by atoms with Crippen LogP contribution in [0.3, 0.4) is 0 Å². The molecule has 0 radical (unpaired) electrons. The van der Waals surface area contributed by atoms with Crippen LogP contribution in [0.4, 0.5) is 0 Å². The molecule has 0 bridgehead atoms. The van der Waals surface area contributed by atoms with Gasteiger partial charge >= 0.3 is 0 Å². The van der Waals surface area contributed by atoms with Gasteiger partial charge < -0.3 is 5.32 Å². The lowest BCUT2D eigenvalue weighted by Crippen LogP contribution is -2.44. The first-order chi connectivity index (χ1) is 11.7. The molecule has 0 saturated heterocycles. The van der Waals surface area contributed by atoms with E-state index in [4.69, 9.17) is 0 Å². The molecule has 1 amide bonds. The molecular formula is C18H23N3O3S. The van der Waals surface area contributed by atoms with Crippen molar-refractivity contribution in [2.45, 2.75) is 45.2 Å². The van der Waals surface area contributed by atoms with E-state index in [0.717, 1.165) is 11.1 Å². The molecule has 6 nitrogen and oxygen atoms in total. The first-order valence-corrected chi connectivity index (χ1v) is 9.46. The van der Waals surface area contributed by atoms with E-state index in [-0.39, 0.29) is 10.8 Å². The van der Waals surface area contributed by atoms with Crippen LogP contribution in [0.1, 0.15) is 29.2 Å². The molecule has 7 heteroatoms. The summed E-state index contributed by atoms with van der Waals surface area (Å²) in [6.45, 7) is 7.26. The SMILES string of the molecule is Cc1cc(C)c(S(=O)(=O)NC(C)C(=O)NCc2ccncc2)c(C)c1. The highest BCUT2D eigenvalue weighted by Gasteiger charge is 2.25. The minimum absolute atomic E-state index is 0.229. The highest BCUT2D eigenvalue weighted by atomic mass is 32.2. The highest BCUT2D eigenvalue weighted by Crippen LogP contribution is 2.21. The maximum atomic E-state index is 12.7. The van der Waals surface area contributed by atoms with Crippen LogP contribution in [-0.2, 0) is 21.4 Å². The zero-order valence-corrected chi connectivity index (χ0v) is 15.6. The Morgan fingerprint density at radius 1 is 1.12 bits per heavy atom. The normalized spacial score (nSPS) is 12.6. The number of hydrogen-bond acceptors (Lipinski definition) is 4. The molecule has 1 unspecified atom stereocenters. The number of pyridine rings is 1. The second-order valence-electron chi connectivity index (χ2n) is 6.14. The van der Waals surface area contributed by atoms with Gasteiger partial charge in [-0.15, -0.1) is 0 Å². The second kappa shape index (κ2) is 7.76. The van der Waals surface area contributed by atoms with Crippen molar-refractivity contribution in [3.05, 3.63) is 58.9 Å². The lowest BCUT2D eigenvalue weighted by atomic mass is 10.1. The summed E-state index contributed by atoms with van der Waals surface area (Å²) in [7, 11) is -3.79. The van der Waals surface area contributed by atoms with Crippen molar-refractivity contribution in [3.63, 3.8) is 0 Å². The number of aromatic nitrogens is 1. The van der Waals surface area contributed by atoms with Gasteiger partial charge in [0, 0.05) is 18.9 Å². The van der Waals surface area contributed by atoms with Crippen molar-refractivity contribution in [2.24, 2.45) is 0 Å². The highest BCUT2D eigenvalue weighted by molar-refractivity contribution is 7.89. The fourth-order valence-electron chi connectivity index (χ4n) is 2.78. The van der Waals surface area contributed by atoms with Gasteiger partial charge in [0.05, 0.1) is 10.9 Å². The van der Waals surface area contributed by atoms with Gasteiger partial charge in [-0.05, 0) is 56.5 Å². The van der Waals surface area contributed by atoms with Gasteiger partial charge in [-0.3, -0.25) is 9.78 Å². The summed E-state index contributed by atoms with van der Waals surface area (Å²) in [5, 5.41) is 2.72. The molecule has 0 saturated carbocycles. The summed E-state index contributed by atoms with van der Waals surface area (Å²) in [4.78, 5) is 16.3. The summed E-state index contributed by atoms with van der Waals surface area (Å²) in [6.07, 6.45) is 3.27. The summed E-state index contributed by atoms with van der Waals surface area (Å²) in [6, 6.07) is 6.32. The Bertz CT molecular complexity index is 841. The van der Waals surface area contributed by atoms with Crippen LogP contribution in [0, 0.1) is 20.8 Å². The zero-order chi connectivity index (χ0) is 18.6. The van der Waals surface area contributed by atoms with E-state index in [1.54, 1.807) is 38.4 Å². The Labute approximate surface area is 148 Å². The molecule has 2 aromatic rings. The zero-order valence-electron chi connectivity index (χ0n) is 14.8. The Balaban J connectivity index is 2.08. The monoisotopic (exact) mass is 361 g/mol. The van der Waals surface area contributed by atoms with Crippen molar-refractivity contribution in [1.82, 2.24) is 15.0 Å². The number of hydrogen-bond donors (Lipinski definition) is 2. The quantitative estimate of drug-likeness (QED) is 0.824. The van der Waals surface area contributed by atoms with E-state index < -0.39 is 16.1 Å². The number of rotatable bonds is 6. The number of nitrogens with one attached hydrogen (secondary N) is 2. The van der Waals surface area contributed by atoms with Crippen molar-refractivity contribution >= 4 is 15.9 Å². The van der Waals surface area contributed by atoms with Crippen LogP contribution < -0.4 is 10.0 Å². The predicted molar refractivity (Wildman–Crippen MR) is 96.5 cm³/mol. The van der Waals surface area contributed by atoms with E-state index in [2.05, 4.69) is 15.0 Å². The average Bonchev–Trinajstić information content (AvgIpc) is 2.51. The van der Waals surface area contributed by atoms with Crippen LogP contribution >= 0.6 is 0 Å². The molecule has 25 heavy (non-hydrogen) atoms. The minimum atomic E-state index is -3.79. The van der Waals surface area contributed by atoms with Gasteiger partial charge in [-0.1, -0.05) is 17.7 Å². The Morgan fingerprint density at radius 2 is 1.68 bits per heavy atom. The summed E-state index contributed by atoms with van der Waals surface area (Å²) in [5.41, 5.74) is 3.21. The van der Waals surface area contributed by atoms with E-state index in [9.17, 15) is 13.2 Å². The first-order valence-electron chi connectivity index (χ1n) is 7.97. The summed E-state index contributed by atoms with van der Waals surface area (Å²) in [5.74, 6) is -0.386. The molecule has 2 rings (SSSR count). The van der Waals surface area contributed by atoms with Crippen molar-refractivity contribution < 1.29 is 13.2 Å². The second-order valence-corrected chi connectivity index (χ2v) is 7.79. The van der Waals surface area contributed by atoms with Crippen LogP contribution in [0.2, 0.25) is 0 Å². The largest absolute Gasteiger partial charge is 0.351 e. The van der Waals surface area contributed by atoms with Crippen LogP contribution in [0.25, 0.3) is 0 Å². The third-order valence-electron chi connectivity index (χ3n) is 3.81.